The second-order valence-electron chi connectivity index (χ2n) is 7.27. The quantitative estimate of drug-likeness (QED) is 0.518. The van der Waals surface area contributed by atoms with E-state index < -0.39 is 41.0 Å². The Morgan fingerprint density at radius 2 is 1.56 bits per heavy atom. The third-order valence-corrected chi connectivity index (χ3v) is 4.60. The molecular formula is C19H16ClF6N7O. The number of alkyl halides is 6. The van der Waals surface area contributed by atoms with Crippen LogP contribution in [0.2, 0.25) is 5.02 Å². The van der Waals surface area contributed by atoms with Gasteiger partial charge in [0.2, 0.25) is 5.95 Å². The Hall–Kier alpha value is -3.42. The molecule has 3 rings (SSSR count). The van der Waals surface area contributed by atoms with Crippen molar-refractivity contribution in [3.05, 3.63) is 58.1 Å². The average molecular weight is 508 g/mol. The molecule has 2 heterocycles. The molecule has 34 heavy (non-hydrogen) atoms. The van der Waals surface area contributed by atoms with Gasteiger partial charge in [0.1, 0.15) is 0 Å². The molecule has 0 aliphatic rings. The van der Waals surface area contributed by atoms with Crippen LogP contribution in [0.25, 0.3) is 5.95 Å². The number of nitrogens with zero attached hydrogens (tertiary/aromatic N) is 6. The Kier molecular flexibility index (Phi) is 6.73. The molecule has 0 aliphatic heterocycles. The van der Waals surface area contributed by atoms with Gasteiger partial charge in [0.15, 0.2) is 5.82 Å². The van der Waals surface area contributed by atoms with Crippen molar-refractivity contribution < 1.29 is 31.1 Å². The Labute approximate surface area is 193 Å². The first-order chi connectivity index (χ1) is 15.7. The molecule has 1 aromatic carbocycles. The third-order valence-electron chi connectivity index (χ3n) is 4.40. The summed E-state index contributed by atoms with van der Waals surface area (Å²) in [6, 6.07) is -0.389. The summed E-state index contributed by atoms with van der Waals surface area (Å²) in [4.78, 5) is 26.5. The number of aromatic nitrogens is 5. The zero-order valence-corrected chi connectivity index (χ0v) is 18.5. The maximum atomic E-state index is 13.1. The molecule has 0 fully saturated rings. The first kappa shape index (κ1) is 25.2. The second kappa shape index (κ2) is 9.08. The maximum Gasteiger partial charge on any atom is 0.416 e. The van der Waals surface area contributed by atoms with Crippen molar-refractivity contribution in [2.24, 2.45) is 0 Å². The zero-order valence-electron chi connectivity index (χ0n) is 17.7. The summed E-state index contributed by atoms with van der Waals surface area (Å²) in [5.41, 5.74) is -4.03. The SMILES string of the molecule is CC(NC(=O)c1cc(C(F)(F)F)cc(C(F)(F)F)c1)c1nc(N(C)C)nn1-c1ncc(Cl)cn1. The van der Waals surface area contributed by atoms with E-state index in [1.165, 1.54) is 28.9 Å². The van der Waals surface area contributed by atoms with Gasteiger partial charge in [-0.2, -0.15) is 36.0 Å². The largest absolute Gasteiger partial charge is 0.416 e. The molecule has 8 nitrogen and oxygen atoms in total. The molecule has 0 bridgehead atoms. The van der Waals surface area contributed by atoms with Gasteiger partial charge >= 0.3 is 12.4 Å². The summed E-state index contributed by atoms with van der Waals surface area (Å²) in [5, 5.41) is 6.81. The van der Waals surface area contributed by atoms with Crippen LogP contribution < -0.4 is 10.2 Å². The zero-order chi connectivity index (χ0) is 25.4. The minimum absolute atomic E-state index is 0.0273. The van der Waals surface area contributed by atoms with Gasteiger partial charge in [-0.1, -0.05) is 11.6 Å². The fourth-order valence-electron chi connectivity index (χ4n) is 2.78. The molecule has 0 spiro atoms. The molecule has 182 valence electrons. The smallest absolute Gasteiger partial charge is 0.346 e. The van der Waals surface area contributed by atoms with E-state index in [9.17, 15) is 31.1 Å². The molecule has 0 aliphatic carbocycles. The number of nitrogens with one attached hydrogen (secondary N) is 1. The lowest BCUT2D eigenvalue weighted by atomic mass is 10.0. The van der Waals surface area contributed by atoms with Gasteiger partial charge in [-0.05, 0) is 25.1 Å². The van der Waals surface area contributed by atoms with E-state index in [0.717, 1.165) is 0 Å². The van der Waals surface area contributed by atoms with Gasteiger partial charge in [-0.25, -0.2) is 9.97 Å². The lowest BCUT2D eigenvalue weighted by molar-refractivity contribution is -0.143. The molecule has 15 heteroatoms. The second-order valence-corrected chi connectivity index (χ2v) is 7.70. The fourth-order valence-corrected chi connectivity index (χ4v) is 2.87. The number of anilines is 1. The molecular weight excluding hydrogens is 492 g/mol. The van der Waals surface area contributed by atoms with Crippen LogP contribution in [0.4, 0.5) is 32.3 Å². The van der Waals surface area contributed by atoms with Crippen molar-refractivity contribution in [2.75, 3.05) is 19.0 Å². The minimum atomic E-state index is -5.09. The normalized spacial score (nSPS) is 13.0. The molecule has 1 N–H and O–H groups in total. The summed E-state index contributed by atoms with van der Waals surface area (Å²) >= 11 is 5.79. The van der Waals surface area contributed by atoms with E-state index in [4.69, 9.17) is 11.6 Å². The maximum absolute atomic E-state index is 13.1. The van der Waals surface area contributed by atoms with Crippen molar-refractivity contribution in [2.45, 2.75) is 25.3 Å². The Balaban J connectivity index is 1.98. The summed E-state index contributed by atoms with van der Waals surface area (Å²) in [7, 11) is 3.27. The number of benzene rings is 1. The number of halogens is 7. The van der Waals surface area contributed by atoms with E-state index in [0.29, 0.717) is 12.1 Å². The van der Waals surface area contributed by atoms with Crippen LogP contribution in [-0.4, -0.2) is 44.7 Å². The summed E-state index contributed by atoms with van der Waals surface area (Å²) in [6.07, 6.45) is -7.60. The average Bonchev–Trinajstić information content (AvgIpc) is 3.18. The van der Waals surface area contributed by atoms with E-state index in [-0.39, 0.29) is 28.8 Å². The van der Waals surface area contributed by atoms with Crippen LogP contribution in [-0.2, 0) is 12.4 Å². The highest BCUT2D eigenvalue weighted by molar-refractivity contribution is 6.30. The van der Waals surface area contributed by atoms with Crippen LogP contribution in [0.5, 0.6) is 0 Å². The minimum Gasteiger partial charge on any atom is -0.346 e. The topological polar surface area (TPSA) is 88.8 Å². The van der Waals surface area contributed by atoms with Crippen LogP contribution in [0, 0.1) is 0 Å². The first-order valence-electron chi connectivity index (χ1n) is 9.39. The Bertz CT molecular complexity index is 1160. The number of rotatable bonds is 5. The molecule has 2 aromatic heterocycles. The molecule has 1 unspecified atom stereocenters. The summed E-state index contributed by atoms with van der Waals surface area (Å²) in [5.74, 6) is -0.892. The van der Waals surface area contributed by atoms with Gasteiger partial charge in [0.25, 0.3) is 11.9 Å². The monoisotopic (exact) mass is 507 g/mol. The van der Waals surface area contributed by atoms with Crippen molar-refractivity contribution in [3.63, 3.8) is 0 Å². The van der Waals surface area contributed by atoms with Gasteiger partial charge in [0.05, 0.1) is 34.6 Å². The lowest BCUT2D eigenvalue weighted by Gasteiger charge is -2.16. The summed E-state index contributed by atoms with van der Waals surface area (Å²) < 4.78 is 79.9. The number of carbonyl (C=O) groups is 1. The van der Waals surface area contributed by atoms with Gasteiger partial charge in [0, 0.05) is 19.7 Å². The molecule has 0 saturated heterocycles. The Morgan fingerprint density at radius 1 is 1.03 bits per heavy atom. The highest BCUT2D eigenvalue weighted by Gasteiger charge is 2.37. The molecule has 3 aromatic rings. The van der Waals surface area contributed by atoms with Crippen molar-refractivity contribution in [1.29, 1.82) is 0 Å². The Morgan fingerprint density at radius 3 is 2.03 bits per heavy atom. The molecule has 1 amide bonds. The number of hydrogen-bond donors (Lipinski definition) is 1. The van der Waals surface area contributed by atoms with Gasteiger partial charge < -0.3 is 10.2 Å². The molecule has 0 radical (unpaired) electrons. The predicted molar refractivity (Wildman–Crippen MR) is 109 cm³/mol. The van der Waals surface area contributed by atoms with Crippen molar-refractivity contribution in [1.82, 2.24) is 30.0 Å². The standard InChI is InChI=1S/C19H16ClF6N7O/c1-9(14-30-17(32(2)3)31-33(14)16-27-7-13(20)8-28-16)29-15(34)10-4-11(18(21,22)23)6-12(5-10)19(24,25)26/h4-9H,1-3H3,(H,29,34). The number of amides is 1. The van der Waals surface area contributed by atoms with Crippen LogP contribution in [0.3, 0.4) is 0 Å². The molecule has 1 atom stereocenters. The highest BCUT2D eigenvalue weighted by atomic mass is 35.5. The fraction of sp³-hybridized carbons (Fsp3) is 0.316. The van der Waals surface area contributed by atoms with Gasteiger partial charge in [-0.3, -0.25) is 4.79 Å². The van der Waals surface area contributed by atoms with E-state index in [2.05, 4.69) is 25.4 Å². The van der Waals surface area contributed by atoms with E-state index in [1.807, 2.05) is 0 Å². The van der Waals surface area contributed by atoms with Crippen LogP contribution >= 0.6 is 11.6 Å². The number of hydrogen-bond acceptors (Lipinski definition) is 6. The van der Waals surface area contributed by atoms with Crippen molar-refractivity contribution >= 4 is 23.5 Å². The third kappa shape index (κ3) is 5.55. The van der Waals surface area contributed by atoms with Crippen LogP contribution in [0.15, 0.2) is 30.6 Å². The number of carbonyl (C=O) groups excluding carboxylic acids is 1. The van der Waals surface area contributed by atoms with Crippen LogP contribution in [0.1, 0.15) is 40.3 Å². The first-order valence-corrected chi connectivity index (χ1v) is 9.77. The van der Waals surface area contributed by atoms with E-state index >= 15 is 0 Å². The predicted octanol–water partition coefficient (Wildman–Crippen LogP) is 4.31. The van der Waals surface area contributed by atoms with Gasteiger partial charge in [-0.15, -0.1) is 5.10 Å². The molecule has 0 saturated carbocycles. The lowest BCUT2D eigenvalue weighted by Crippen LogP contribution is -2.29. The van der Waals surface area contributed by atoms with E-state index in [1.54, 1.807) is 14.1 Å². The highest BCUT2D eigenvalue weighted by Crippen LogP contribution is 2.36. The summed E-state index contributed by atoms with van der Waals surface area (Å²) in [6.45, 7) is 1.42. The van der Waals surface area contributed by atoms with Crippen molar-refractivity contribution in [3.8, 4) is 5.95 Å².